The van der Waals surface area contributed by atoms with Crippen molar-refractivity contribution in [3.63, 3.8) is 0 Å². The molecule has 16 heavy (non-hydrogen) atoms. The third-order valence-electron chi connectivity index (χ3n) is 2.94. The summed E-state index contributed by atoms with van der Waals surface area (Å²) in [5, 5.41) is 12.5. The van der Waals surface area contributed by atoms with Crippen LogP contribution in [-0.2, 0) is 14.2 Å². The first-order chi connectivity index (χ1) is 7.76. The van der Waals surface area contributed by atoms with E-state index >= 15 is 0 Å². The largest absolute Gasteiger partial charge is 0.395 e. The molecule has 0 aromatic rings. The van der Waals surface area contributed by atoms with Gasteiger partial charge in [-0.15, -0.1) is 0 Å². The molecule has 0 aliphatic heterocycles. The molecule has 1 rings (SSSR count). The van der Waals surface area contributed by atoms with Gasteiger partial charge in [0, 0.05) is 26.9 Å². The summed E-state index contributed by atoms with van der Waals surface area (Å²) in [7, 11) is 3.32. The Morgan fingerprint density at radius 2 is 2.19 bits per heavy atom. The lowest BCUT2D eigenvalue weighted by molar-refractivity contribution is -0.135. The highest BCUT2D eigenvalue weighted by atomic mass is 16.5. The van der Waals surface area contributed by atoms with Gasteiger partial charge in [-0.1, -0.05) is 0 Å². The number of rotatable bonds is 8. The van der Waals surface area contributed by atoms with Crippen LogP contribution in [0.4, 0.5) is 0 Å². The quantitative estimate of drug-likeness (QED) is 0.607. The van der Waals surface area contributed by atoms with E-state index in [0.29, 0.717) is 13.2 Å². The highest BCUT2D eigenvalue weighted by molar-refractivity contribution is 4.98. The van der Waals surface area contributed by atoms with E-state index < -0.39 is 0 Å². The average Bonchev–Trinajstić information content (AvgIpc) is 2.26. The number of aliphatic hydroxyl groups is 1. The molecule has 0 aromatic heterocycles. The van der Waals surface area contributed by atoms with E-state index in [4.69, 9.17) is 19.3 Å². The predicted octanol–water partition coefficient (Wildman–Crippen LogP) is -0.224. The van der Waals surface area contributed by atoms with Crippen molar-refractivity contribution < 1.29 is 19.3 Å². The van der Waals surface area contributed by atoms with Crippen molar-refractivity contribution >= 4 is 0 Å². The summed E-state index contributed by atoms with van der Waals surface area (Å²) in [5.74, 6) is 0. The second-order valence-electron chi connectivity index (χ2n) is 4.04. The molecule has 1 aliphatic carbocycles. The van der Waals surface area contributed by atoms with Crippen molar-refractivity contribution in [3.8, 4) is 0 Å². The third-order valence-corrected chi connectivity index (χ3v) is 2.94. The smallest absolute Gasteiger partial charge is 0.0986 e. The first kappa shape index (κ1) is 13.9. The maximum Gasteiger partial charge on any atom is 0.0986 e. The normalized spacial score (nSPS) is 31.1. The molecule has 0 spiro atoms. The van der Waals surface area contributed by atoms with Crippen LogP contribution >= 0.6 is 0 Å². The van der Waals surface area contributed by atoms with Gasteiger partial charge in [0.05, 0.1) is 31.5 Å². The van der Waals surface area contributed by atoms with Crippen molar-refractivity contribution in [2.75, 3.05) is 34.0 Å². The lowest BCUT2D eigenvalue weighted by Gasteiger charge is -2.44. The molecule has 4 unspecified atom stereocenters. The van der Waals surface area contributed by atoms with Gasteiger partial charge < -0.3 is 24.6 Å². The van der Waals surface area contributed by atoms with Gasteiger partial charge in [-0.2, -0.15) is 0 Å². The molecule has 0 radical (unpaired) electrons. The second kappa shape index (κ2) is 7.19. The Hall–Kier alpha value is -0.200. The predicted molar refractivity (Wildman–Crippen MR) is 60.5 cm³/mol. The van der Waals surface area contributed by atoms with Gasteiger partial charge in [0.15, 0.2) is 0 Å². The zero-order valence-electron chi connectivity index (χ0n) is 10.3. The monoisotopic (exact) mass is 233 g/mol. The van der Waals surface area contributed by atoms with E-state index in [1.54, 1.807) is 14.2 Å². The topological polar surface area (TPSA) is 60.0 Å². The van der Waals surface area contributed by atoms with Gasteiger partial charge in [-0.05, 0) is 13.3 Å². The Morgan fingerprint density at radius 1 is 1.44 bits per heavy atom. The van der Waals surface area contributed by atoms with Crippen LogP contribution in [0.3, 0.4) is 0 Å². The summed E-state index contributed by atoms with van der Waals surface area (Å²) >= 11 is 0. The number of aliphatic hydroxyl groups excluding tert-OH is 1. The lowest BCUT2D eigenvalue weighted by atomic mass is 9.84. The fourth-order valence-corrected chi connectivity index (χ4v) is 2.10. The van der Waals surface area contributed by atoms with Gasteiger partial charge in [-0.3, -0.25) is 0 Å². The molecule has 96 valence electrons. The summed E-state index contributed by atoms with van der Waals surface area (Å²) in [4.78, 5) is 0. The second-order valence-corrected chi connectivity index (χ2v) is 4.04. The van der Waals surface area contributed by atoms with Crippen LogP contribution in [0.15, 0.2) is 0 Å². The van der Waals surface area contributed by atoms with Crippen LogP contribution in [0.2, 0.25) is 0 Å². The van der Waals surface area contributed by atoms with Crippen LogP contribution in [0.5, 0.6) is 0 Å². The fourth-order valence-electron chi connectivity index (χ4n) is 2.10. The standard InChI is InChI=1S/C11H23NO4/c1-4-16-10-5-9(11(10)15-3)12-8(6-13)7-14-2/h8-13H,4-7H2,1-3H3. The molecule has 0 saturated heterocycles. The Labute approximate surface area is 97.1 Å². The van der Waals surface area contributed by atoms with Gasteiger partial charge in [0.2, 0.25) is 0 Å². The molecular formula is C11H23NO4. The molecule has 0 heterocycles. The highest BCUT2D eigenvalue weighted by Gasteiger charge is 2.42. The number of nitrogens with one attached hydrogen (secondary N) is 1. The molecule has 0 bridgehead atoms. The van der Waals surface area contributed by atoms with Gasteiger partial charge in [-0.25, -0.2) is 0 Å². The molecule has 1 saturated carbocycles. The number of hydrogen-bond acceptors (Lipinski definition) is 5. The van der Waals surface area contributed by atoms with Crippen LogP contribution in [0, 0.1) is 0 Å². The number of ether oxygens (including phenoxy) is 3. The van der Waals surface area contributed by atoms with Crippen molar-refractivity contribution in [1.29, 1.82) is 0 Å². The summed E-state index contributed by atoms with van der Waals surface area (Å²) in [5.41, 5.74) is 0. The van der Waals surface area contributed by atoms with E-state index in [-0.39, 0.29) is 30.9 Å². The zero-order chi connectivity index (χ0) is 12.0. The third kappa shape index (κ3) is 3.40. The molecule has 1 fully saturated rings. The van der Waals surface area contributed by atoms with E-state index in [2.05, 4.69) is 5.32 Å². The SMILES string of the molecule is CCOC1CC(NC(CO)COC)C1OC. The summed E-state index contributed by atoms with van der Waals surface area (Å²) < 4.78 is 15.9. The fraction of sp³-hybridized carbons (Fsp3) is 1.00. The van der Waals surface area contributed by atoms with Crippen LogP contribution in [0.1, 0.15) is 13.3 Å². The Bertz CT molecular complexity index is 191. The van der Waals surface area contributed by atoms with E-state index in [1.165, 1.54) is 0 Å². The van der Waals surface area contributed by atoms with Crippen molar-refractivity contribution in [1.82, 2.24) is 5.32 Å². The molecule has 4 atom stereocenters. The Morgan fingerprint density at radius 3 is 2.69 bits per heavy atom. The minimum absolute atomic E-state index is 0.0322. The maximum atomic E-state index is 9.14. The summed E-state index contributed by atoms with van der Waals surface area (Å²) in [6.45, 7) is 3.26. The van der Waals surface area contributed by atoms with Crippen molar-refractivity contribution in [2.24, 2.45) is 0 Å². The first-order valence-corrected chi connectivity index (χ1v) is 5.77. The molecule has 5 heteroatoms. The number of methoxy groups -OCH3 is 2. The molecular weight excluding hydrogens is 210 g/mol. The van der Waals surface area contributed by atoms with E-state index in [0.717, 1.165) is 6.42 Å². The molecule has 1 aliphatic rings. The summed E-state index contributed by atoms with van der Waals surface area (Å²) in [6, 6.07) is 0.212. The Kier molecular flexibility index (Phi) is 6.23. The van der Waals surface area contributed by atoms with Crippen LogP contribution < -0.4 is 5.32 Å². The van der Waals surface area contributed by atoms with Crippen molar-refractivity contribution in [2.45, 2.75) is 37.6 Å². The lowest BCUT2D eigenvalue weighted by Crippen LogP contribution is -2.62. The van der Waals surface area contributed by atoms with E-state index in [9.17, 15) is 0 Å². The maximum absolute atomic E-state index is 9.14. The van der Waals surface area contributed by atoms with Crippen LogP contribution in [-0.4, -0.2) is 63.4 Å². The molecule has 0 aromatic carbocycles. The molecule has 0 amide bonds. The summed E-state index contributed by atoms with van der Waals surface area (Å²) in [6.07, 6.45) is 1.17. The van der Waals surface area contributed by atoms with Gasteiger partial charge in [0.1, 0.15) is 0 Å². The zero-order valence-corrected chi connectivity index (χ0v) is 10.3. The minimum Gasteiger partial charge on any atom is -0.395 e. The average molecular weight is 233 g/mol. The first-order valence-electron chi connectivity index (χ1n) is 5.77. The molecule has 5 nitrogen and oxygen atoms in total. The van der Waals surface area contributed by atoms with Gasteiger partial charge >= 0.3 is 0 Å². The van der Waals surface area contributed by atoms with Crippen molar-refractivity contribution in [3.05, 3.63) is 0 Å². The number of hydrogen-bond donors (Lipinski definition) is 2. The highest BCUT2D eigenvalue weighted by Crippen LogP contribution is 2.27. The van der Waals surface area contributed by atoms with E-state index in [1.807, 2.05) is 6.92 Å². The van der Waals surface area contributed by atoms with Crippen LogP contribution in [0.25, 0.3) is 0 Å². The Balaban J connectivity index is 2.32. The van der Waals surface area contributed by atoms with Gasteiger partial charge in [0.25, 0.3) is 0 Å². The minimum atomic E-state index is -0.0322. The molecule has 2 N–H and O–H groups in total.